The summed E-state index contributed by atoms with van der Waals surface area (Å²) in [5.41, 5.74) is 3.30. The van der Waals surface area contributed by atoms with Gasteiger partial charge in [-0.1, -0.05) is 0 Å². The Morgan fingerprint density at radius 1 is 1.33 bits per heavy atom. The lowest BCUT2D eigenvalue weighted by Gasteiger charge is -2.27. The average Bonchev–Trinajstić information content (AvgIpc) is 3.46. The molecule has 0 aliphatic carbocycles. The molecule has 0 unspecified atom stereocenters. The van der Waals surface area contributed by atoms with Crippen LogP contribution in [0.2, 0.25) is 0 Å². The molecule has 1 aliphatic rings. The second-order valence-electron chi connectivity index (χ2n) is 7.30. The van der Waals surface area contributed by atoms with Crippen LogP contribution in [0.15, 0.2) is 24.0 Å². The summed E-state index contributed by atoms with van der Waals surface area (Å²) >= 11 is 3.48. The van der Waals surface area contributed by atoms with Crippen molar-refractivity contribution < 1.29 is 27.9 Å². The van der Waals surface area contributed by atoms with Crippen molar-refractivity contribution in [1.82, 2.24) is 24.8 Å². The lowest BCUT2D eigenvalue weighted by Crippen LogP contribution is -2.43. The Labute approximate surface area is 195 Å². The largest absolute Gasteiger partial charge is 0.490 e. The quantitative estimate of drug-likeness (QED) is 0.566. The molecule has 4 rings (SSSR count). The zero-order valence-corrected chi connectivity index (χ0v) is 19.5. The van der Waals surface area contributed by atoms with Gasteiger partial charge in [-0.25, -0.2) is 19.6 Å². The number of carbonyl (C=O) groups is 2. The summed E-state index contributed by atoms with van der Waals surface area (Å²) in [5.74, 6) is -2.76. The van der Waals surface area contributed by atoms with Crippen molar-refractivity contribution >= 4 is 34.7 Å². The summed E-state index contributed by atoms with van der Waals surface area (Å²) in [6.07, 6.45) is 0.335. The van der Waals surface area contributed by atoms with Gasteiger partial charge in [-0.3, -0.25) is 0 Å². The number of amides is 2. The third-order valence-electron chi connectivity index (χ3n) is 4.68. The molecule has 0 bridgehead atoms. The van der Waals surface area contributed by atoms with Crippen molar-refractivity contribution in [2.45, 2.75) is 32.5 Å². The van der Waals surface area contributed by atoms with E-state index >= 15 is 0 Å². The van der Waals surface area contributed by atoms with Crippen LogP contribution in [0, 0.1) is 6.92 Å². The van der Waals surface area contributed by atoms with Crippen LogP contribution < -0.4 is 5.32 Å². The van der Waals surface area contributed by atoms with E-state index in [1.54, 1.807) is 17.7 Å². The van der Waals surface area contributed by atoms with E-state index < -0.39 is 12.1 Å². The molecule has 0 atom stereocenters. The van der Waals surface area contributed by atoms with E-state index in [1.165, 1.54) is 15.3 Å². The molecule has 0 aromatic carbocycles. The Bertz CT molecular complexity index is 1120. The van der Waals surface area contributed by atoms with Gasteiger partial charge in [0, 0.05) is 49.6 Å². The number of nitrogens with one attached hydrogen (secondary N) is 1. The summed E-state index contributed by atoms with van der Waals surface area (Å²) in [5, 5.41) is 13.3. The van der Waals surface area contributed by atoms with Crippen molar-refractivity contribution in [1.29, 1.82) is 0 Å². The van der Waals surface area contributed by atoms with Gasteiger partial charge in [-0.05, 0) is 25.0 Å². The number of fused-ring (bicyclic) bond motifs is 1. The highest BCUT2D eigenvalue weighted by Gasteiger charge is 2.38. The van der Waals surface area contributed by atoms with E-state index in [1.807, 2.05) is 41.0 Å². The number of carboxylic acid groups (broad SMARTS) is 1. The van der Waals surface area contributed by atoms with Crippen molar-refractivity contribution in [2.24, 2.45) is 7.05 Å². The lowest BCUT2D eigenvalue weighted by molar-refractivity contribution is -0.192. The second-order valence-corrected chi connectivity index (χ2v) is 9.50. The highest BCUT2D eigenvalue weighted by atomic mass is 32.1. The number of carbonyl (C=O) groups excluding carboxylic acids is 1. The van der Waals surface area contributed by atoms with E-state index in [0.29, 0.717) is 13.1 Å². The van der Waals surface area contributed by atoms with Gasteiger partial charge in [0.05, 0.1) is 27.6 Å². The molecule has 0 spiro atoms. The molecule has 2 amide bonds. The Hall–Kier alpha value is -2.93. The molecule has 0 saturated carbocycles. The molecule has 3 aromatic rings. The minimum absolute atomic E-state index is 0.00355. The van der Waals surface area contributed by atoms with Crippen LogP contribution in [0.5, 0.6) is 0 Å². The zero-order chi connectivity index (χ0) is 24.2. The lowest BCUT2D eigenvalue weighted by atomic mass is 10.1. The van der Waals surface area contributed by atoms with Gasteiger partial charge in [0.25, 0.3) is 0 Å². The van der Waals surface area contributed by atoms with E-state index in [4.69, 9.17) is 9.90 Å². The number of thiophene rings is 1. The maximum Gasteiger partial charge on any atom is 0.490 e. The molecule has 33 heavy (non-hydrogen) atoms. The first kappa shape index (κ1) is 24.7. The molecule has 0 fully saturated rings. The number of carboxylic acids is 1. The van der Waals surface area contributed by atoms with Gasteiger partial charge < -0.3 is 19.9 Å². The summed E-state index contributed by atoms with van der Waals surface area (Å²) in [7, 11) is 1.95. The number of hydrogen-bond donors (Lipinski definition) is 2. The molecule has 4 heterocycles. The summed E-state index contributed by atoms with van der Waals surface area (Å²) < 4.78 is 33.7. The van der Waals surface area contributed by atoms with Gasteiger partial charge in [-0.15, -0.1) is 22.7 Å². The van der Waals surface area contributed by atoms with Gasteiger partial charge >= 0.3 is 18.2 Å². The third kappa shape index (κ3) is 6.78. The number of aromatic nitrogens is 3. The van der Waals surface area contributed by atoms with Crippen LogP contribution in [0.1, 0.15) is 21.1 Å². The summed E-state index contributed by atoms with van der Waals surface area (Å²) in [6.45, 7) is 4.06. The molecule has 0 radical (unpaired) electrons. The molecule has 1 aliphatic heterocycles. The number of urea groups is 1. The van der Waals surface area contributed by atoms with Crippen molar-refractivity contribution in [3.63, 3.8) is 0 Å². The minimum Gasteiger partial charge on any atom is -0.475 e. The van der Waals surface area contributed by atoms with Gasteiger partial charge in [-0.2, -0.15) is 13.2 Å². The monoisotopic (exact) mass is 501 g/mol. The standard InChI is InChI=1S/C18H21N5OS2.C2HF3O2/c1-12-21-15(10-25-12)17-7-13-8-23(6-4-16(13)26-17)18(24)19-5-3-14-9-22(2)11-20-14;3-2(4,5)1(6)7/h7,9-11H,3-6,8H2,1-2H3,(H,19,24);(H,6,7). The fraction of sp³-hybridized carbons (Fsp3) is 0.400. The van der Waals surface area contributed by atoms with Crippen LogP contribution in [-0.2, 0) is 31.2 Å². The molecule has 178 valence electrons. The number of thiazole rings is 1. The molecule has 13 heteroatoms. The van der Waals surface area contributed by atoms with Gasteiger partial charge in [0.2, 0.25) is 0 Å². The Kier molecular flexibility index (Phi) is 7.74. The summed E-state index contributed by atoms with van der Waals surface area (Å²) in [6, 6.07) is 2.20. The number of halogens is 3. The smallest absolute Gasteiger partial charge is 0.475 e. The van der Waals surface area contributed by atoms with Crippen LogP contribution in [0.4, 0.5) is 18.0 Å². The van der Waals surface area contributed by atoms with Crippen LogP contribution >= 0.6 is 22.7 Å². The normalized spacial score (nSPS) is 13.2. The number of hydrogen-bond acceptors (Lipinski definition) is 6. The topological polar surface area (TPSA) is 100 Å². The molecule has 3 aromatic heterocycles. The highest BCUT2D eigenvalue weighted by molar-refractivity contribution is 7.16. The van der Waals surface area contributed by atoms with Crippen LogP contribution in [0.3, 0.4) is 0 Å². The number of nitrogens with zero attached hydrogens (tertiary/aromatic N) is 4. The first-order valence-electron chi connectivity index (χ1n) is 9.86. The zero-order valence-electron chi connectivity index (χ0n) is 17.8. The molecular formula is C20H22F3N5O3S2. The van der Waals surface area contributed by atoms with E-state index in [2.05, 4.69) is 26.7 Å². The predicted molar refractivity (Wildman–Crippen MR) is 118 cm³/mol. The third-order valence-corrected chi connectivity index (χ3v) is 6.72. The highest BCUT2D eigenvalue weighted by Crippen LogP contribution is 2.35. The first-order valence-corrected chi connectivity index (χ1v) is 11.6. The van der Waals surface area contributed by atoms with Gasteiger partial charge in [0.15, 0.2) is 0 Å². The van der Waals surface area contributed by atoms with Crippen LogP contribution in [0.25, 0.3) is 10.6 Å². The van der Waals surface area contributed by atoms with Crippen molar-refractivity contribution in [3.8, 4) is 10.6 Å². The Morgan fingerprint density at radius 3 is 2.64 bits per heavy atom. The predicted octanol–water partition coefficient (Wildman–Crippen LogP) is 3.86. The number of imidazole rings is 1. The van der Waals surface area contributed by atoms with E-state index in [9.17, 15) is 18.0 Å². The molecular weight excluding hydrogens is 479 g/mol. The Balaban J connectivity index is 0.000000383. The van der Waals surface area contributed by atoms with Crippen molar-refractivity contribution in [2.75, 3.05) is 13.1 Å². The summed E-state index contributed by atoms with van der Waals surface area (Å²) in [4.78, 5) is 34.7. The minimum atomic E-state index is -5.08. The number of alkyl halides is 3. The molecule has 0 saturated heterocycles. The Morgan fingerprint density at radius 2 is 2.06 bits per heavy atom. The first-order chi connectivity index (χ1) is 15.5. The second kappa shape index (κ2) is 10.3. The average molecular weight is 502 g/mol. The molecule has 2 N–H and O–H groups in total. The fourth-order valence-electron chi connectivity index (χ4n) is 3.11. The van der Waals surface area contributed by atoms with E-state index in [0.717, 1.165) is 35.8 Å². The fourth-order valence-corrected chi connectivity index (χ4v) is 4.93. The van der Waals surface area contributed by atoms with Gasteiger partial charge in [0.1, 0.15) is 0 Å². The van der Waals surface area contributed by atoms with E-state index in [-0.39, 0.29) is 6.03 Å². The molecule has 8 nitrogen and oxygen atoms in total. The number of aliphatic carboxylic acids is 1. The van der Waals surface area contributed by atoms with Crippen LogP contribution in [-0.4, -0.2) is 55.8 Å². The van der Waals surface area contributed by atoms with Crippen molar-refractivity contribution in [3.05, 3.63) is 45.1 Å². The number of aryl methyl sites for hydroxylation is 2. The number of rotatable bonds is 4. The maximum atomic E-state index is 12.5. The maximum absolute atomic E-state index is 12.5. The SMILES string of the molecule is Cc1nc(-c2cc3c(s2)CCN(C(=O)NCCc2cn(C)cn2)C3)cs1.O=C(O)C(F)(F)F.